The van der Waals surface area contributed by atoms with E-state index in [-0.39, 0.29) is 6.61 Å². The number of rotatable bonds is 5. The summed E-state index contributed by atoms with van der Waals surface area (Å²) in [5.74, 6) is -2.81. The number of hydrogen-bond donors (Lipinski definition) is 0. The smallest absolute Gasteiger partial charge is 0.330 e. The summed E-state index contributed by atoms with van der Waals surface area (Å²) >= 11 is 0. The van der Waals surface area contributed by atoms with Crippen LogP contribution in [0.4, 0.5) is 14.5 Å². The Morgan fingerprint density at radius 3 is 2.65 bits per heavy atom. The Hall–Kier alpha value is -3.10. The Labute approximate surface area is 128 Å². The zero-order chi connectivity index (χ0) is 17.0. The van der Waals surface area contributed by atoms with Crippen molar-refractivity contribution in [3.05, 3.63) is 57.9 Å². The maximum atomic E-state index is 13.9. The van der Waals surface area contributed by atoms with Gasteiger partial charge in [0.15, 0.2) is 11.6 Å². The first-order chi connectivity index (χ1) is 10.9. The fourth-order valence-electron chi connectivity index (χ4n) is 1.78. The van der Waals surface area contributed by atoms with E-state index in [2.05, 4.69) is 5.10 Å². The number of nitro benzene ring substituents is 1. The number of non-ortho nitro benzene ring substituents is 1. The van der Waals surface area contributed by atoms with Gasteiger partial charge in [0.25, 0.3) is 5.69 Å². The van der Waals surface area contributed by atoms with Gasteiger partial charge in [0.2, 0.25) is 0 Å². The van der Waals surface area contributed by atoms with Gasteiger partial charge in [-0.05, 0) is 13.0 Å². The molecule has 23 heavy (non-hydrogen) atoms. The van der Waals surface area contributed by atoms with Crippen molar-refractivity contribution in [1.29, 1.82) is 0 Å². The van der Waals surface area contributed by atoms with Crippen LogP contribution in [0.15, 0.2) is 30.6 Å². The van der Waals surface area contributed by atoms with E-state index < -0.39 is 33.9 Å². The first-order valence-corrected chi connectivity index (χ1v) is 6.45. The van der Waals surface area contributed by atoms with Gasteiger partial charge in [0, 0.05) is 17.8 Å². The highest BCUT2D eigenvalue weighted by atomic mass is 19.1. The molecular weight excluding hydrogens is 312 g/mol. The summed E-state index contributed by atoms with van der Waals surface area (Å²) in [7, 11) is 0. The lowest BCUT2D eigenvalue weighted by Crippen LogP contribution is -2.03. The average molecular weight is 323 g/mol. The molecule has 2 rings (SSSR count). The quantitative estimate of drug-likeness (QED) is 0.365. The van der Waals surface area contributed by atoms with Gasteiger partial charge < -0.3 is 4.74 Å². The zero-order valence-electron chi connectivity index (χ0n) is 11.9. The number of nitro groups is 1. The van der Waals surface area contributed by atoms with E-state index in [0.717, 1.165) is 10.8 Å². The second kappa shape index (κ2) is 6.77. The normalized spacial score (nSPS) is 10.9. The highest BCUT2D eigenvalue weighted by Crippen LogP contribution is 2.23. The minimum absolute atomic E-state index is 0.224. The fraction of sp³-hybridized carbons (Fsp3) is 0.143. The van der Waals surface area contributed by atoms with Gasteiger partial charge >= 0.3 is 5.97 Å². The van der Waals surface area contributed by atoms with Crippen molar-refractivity contribution in [2.75, 3.05) is 6.61 Å². The second-order valence-electron chi connectivity index (χ2n) is 4.32. The minimum Gasteiger partial charge on any atom is -0.463 e. The van der Waals surface area contributed by atoms with Crippen LogP contribution in [-0.2, 0) is 9.53 Å². The largest absolute Gasteiger partial charge is 0.463 e. The molecule has 0 N–H and O–H groups in total. The predicted molar refractivity (Wildman–Crippen MR) is 75.8 cm³/mol. The molecule has 0 radical (unpaired) electrons. The summed E-state index contributed by atoms with van der Waals surface area (Å²) < 4.78 is 33.3. The van der Waals surface area contributed by atoms with Crippen LogP contribution >= 0.6 is 0 Å². The number of ether oxygens (including phenoxy) is 1. The number of benzene rings is 1. The second-order valence-corrected chi connectivity index (χ2v) is 4.32. The lowest BCUT2D eigenvalue weighted by Gasteiger charge is -2.04. The molecule has 0 aliphatic heterocycles. The number of halogens is 2. The van der Waals surface area contributed by atoms with E-state index in [1.54, 1.807) is 6.92 Å². The third-order valence-corrected chi connectivity index (χ3v) is 2.74. The maximum absolute atomic E-state index is 13.9. The van der Waals surface area contributed by atoms with E-state index >= 15 is 0 Å². The first-order valence-electron chi connectivity index (χ1n) is 6.45. The van der Waals surface area contributed by atoms with Crippen molar-refractivity contribution in [2.45, 2.75) is 6.92 Å². The molecule has 2 aromatic rings. The Bertz CT molecular complexity index is 763. The summed E-state index contributed by atoms with van der Waals surface area (Å²) in [6.07, 6.45) is 5.05. The standard InChI is InChI=1S/C14H11F2N3O4/c1-2-23-13(20)4-3-9-7-17-18(8-9)14-11(15)5-10(19(21)22)6-12(14)16/h3-8H,2H2,1H3/b4-3+. The highest BCUT2D eigenvalue weighted by Gasteiger charge is 2.19. The van der Waals surface area contributed by atoms with Crippen molar-refractivity contribution < 1.29 is 23.2 Å². The van der Waals surface area contributed by atoms with Crippen LogP contribution in [0.2, 0.25) is 0 Å². The maximum Gasteiger partial charge on any atom is 0.330 e. The molecule has 0 saturated carbocycles. The molecule has 0 atom stereocenters. The van der Waals surface area contributed by atoms with Gasteiger partial charge in [-0.3, -0.25) is 10.1 Å². The average Bonchev–Trinajstić information content (AvgIpc) is 2.93. The van der Waals surface area contributed by atoms with Crippen LogP contribution in [0, 0.1) is 21.7 Å². The fourth-order valence-corrected chi connectivity index (χ4v) is 1.78. The molecule has 1 aromatic heterocycles. The molecule has 0 aliphatic carbocycles. The molecule has 0 saturated heterocycles. The molecule has 1 aromatic carbocycles. The Balaban J connectivity index is 2.31. The molecule has 0 aliphatic rings. The Kier molecular flexibility index (Phi) is 4.79. The topological polar surface area (TPSA) is 87.3 Å². The first kappa shape index (κ1) is 16.3. The van der Waals surface area contributed by atoms with Crippen molar-refractivity contribution in [1.82, 2.24) is 9.78 Å². The molecule has 0 amide bonds. The van der Waals surface area contributed by atoms with E-state index in [9.17, 15) is 23.7 Å². The van der Waals surface area contributed by atoms with Crippen molar-refractivity contribution in [3.63, 3.8) is 0 Å². The molecule has 7 nitrogen and oxygen atoms in total. The summed E-state index contributed by atoms with van der Waals surface area (Å²) in [6, 6.07) is 1.21. The van der Waals surface area contributed by atoms with Crippen molar-refractivity contribution >= 4 is 17.7 Å². The zero-order valence-corrected chi connectivity index (χ0v) is 11.9. The summed E-state index contributed by atoms with van der Waals surface area (Å²) in [5, 5.41) is 14.3. The number of esters is 1. The summed E-state index contributed by atoms with van der Waals surface area (Å²) in [5.41, 5.74) is -0.847. The highest BCUT2D eigenvalue weighted by molar-refractivity contribution is 5.86. The molecule has 1 heterocycles. The van der Waals surface area contributed by atoms with Gasteiger partial charge in [0.1, 0.15) is 5.69 Å². The molecule has 120 valence electrons. The molecule has 9 heteroatoms. The van der Waals surface area contributed by atoms with Crippen LogP contribution in [0.3, 0.4) is 0 Å². The van der Waals surface area contributed by atoms with Gasteiger partial charge in [-0.15, -0.1) is 0 Å². The van der Waals surface area contributed by atoms with Gasteiger partial charge in [-0.1, -0.05) is 0 Å². The third kappa shape index (κ3) is 3.76. The molecule has 0 unspecified atom stereocenters. The lowest BCUT2D eigenvalue weighted by atomic mass is 10.2. The number of aromatic nitrogens is 2. The lowest BCUT2D eigenvalue weighted by molar-refractivity contribution is -0.385. The molecular formula is C14H11F2N3O4. The van der Waals surface area contributed by atoms with Gasteiger partial charge in [-0.25, -0.2) is 18.3 Å². The number of hydrogen-bond acceptors (Lipinski definition) is 5. The van der Waals surface area contributed by atoms with Crippen LogP contribution in [-0.4, -0.2) is 27.3 Å². The van der Waals surface area contributed by atoms with Crippen molar-refractivity contribution in [2.24, 2.45) is 0 Å². The van der Waals surface area contributed by atoms with Crippen molar-refractivity contribution in [3.8, 4) is 5.69 Å². The van der Waals surface area contributed by atoms with Crippen LogP contribution < -0.4 is 0 Å². The number of carbonyl (C=O) groups excluding carboxylic acids is 1. The van der Waals surface area contributed by atoms with E-state index in [1.165, 1.54) is 18.5 Å². The third-order valence-electron chi connectivity index (χ3n) is 2.74. The monoisotopic (exact) mass is 323 g/mol. The SMILES string of the molecule is CCOC(=O)/C=C/c1cnn(-c2c(F)cc([N+](=O)[O-])cc2F)c1. The minimum atomic E-state index is -1.12. The Morgan fingerprint density at radius 2 is 2.09 bits per heavy atom. The van der Waals surface area contributed by atoms with E-state index in [4.69, 9.17) is 4.74 Å². The molecule has 0 spiro atoms. The van der Waals surface area contributed by atoms with Crippen LogP contribution in [0.5, 0.6) is 0 Å². The van der Waals surface area contributed by atoms with Crippen LogP contribution in [0.1, 0.15) is 12.5 Å². The van der Waals surface area contributed by atoms with Gasteiger partial charge in [0.05, 0.1) is 29.9 Å². The Morgan fingerprint density at radius 1 is 1.43 bits per heavy atom. The number of carbonyl (C=O) groups is 1. The van der Waals surface area contributed by atoms with E-state index in [1.807, 2.05) is 0 Å². The summed E-state index contributed by atoms with van der Waals surface area (Å²) in [4.78, 5) is 20.8. The predicted octanol–water partition coefficient (Wildman–Crippen LogP) is 2.64. The van der Waals surface area contributed by atoms with Crippen LogP contribution in [0.25, 0.3) is 11.8 Å². The summed E-state index contributed by atoms with van der Waals surface area (Å²) in [6.45, 7) is 1.88. The van der Waals surface area contributed by atoms with E-state index in [0.29, 0.717) is 17.7 Å². The molecule has 0 bridgehead atoms. The van der Waals surface area contributed by atoms with Gasteiger partial charge in [-0.2, -0.15) is 5.10 Å². The number of nitrogens with zero attached hydrogens (tertiary/aromatic N) is 3. The molecule has 0 fully saturated rings.